The number of hydrogen-bond donors (Lipinski definition) is 1. The van der Waals surface area contributed by atoms with Gasteiger partial charge in [0.1, 0.15) is 5.82 Å². The molecule has 0 bridgehead atoms. The van der Waals surface area contributed by atoms with E-state index in [0.717, 1.165) is 18.8 Å². The molecule has 0 spiro atoms. The van der Waals surface area contributed by atoms with E-state index in [0.29, 0.717) is 5.92 Å². The zero-order valence-corrected chi connectivity index (χ0v) is 11.0. The summed E-state index contributed by atoms with van der Waals surface area (Å²) in [5.74, 6) is 1.78. The second-order valence-electron chi connectivity index (χ2n) is 4.87. The average molecular weight is 237 g/mol. The van der Waals surface area contributed by atoms with Crippen molar-refractivity contribution in [2.45, 2.75) is 38.3 Å². The van der Waals surface area contributed by atoms with Gasteiger partial charge in [-0.15, -0.1) is 0 Å². The second-order valence-corrected chi connectivity index (χ2v) is 4.87. The van der Waals surface area contributed by atoms with E-state index in [9.17, 15) is 0 Å². The number of imidazole rings is 1. The van der Waals surface area contributed by atoms with Crippen molar-refractivity contribution in [2.75, 3.05) is 13.7 Å². The molecular formula is C13H23N3O. The molecule has 1 aromatic heterocycles. The van der Waals surface area contributed by atoms with Crippen molar-refractivity contribution in [3.8, 4) is 0 Å². The minimum absolute atomic E-state index is 0.215. The van der Waals surface area contributed by atoms with Crippen molar-refractivity contribution >= 4 is 0 Å². The maximum atomic E-state index is 5.70. The highest BCUT2D eigenvalue weighted by molar-refractivity contribution is 5.05. The largest absolute Gasteiger partial charge is 0.379 e. The molecule has 1 N–H and O–H groups in total. The lowest BCUT2D eigenvalue weighted by Gasteiger charge is -2.26. The number of aromatic nitrogens is 2. The molecule has 2 atom stereocenters. The van der Waals surface area contributed by atoms with Gasteiger partial charge in [-0.25, -0.2) is 4.98 Å². The quantitative estimate of drug-likeness (QED) is 0.787. The highest BCUT2D eigenvalue weighted by Gasteiger charge is 2.38. The van der Waals surface area contributed by atoms with Crippen LogP contribution in [-0.4, -0.2) is 29.3 Å². The number of nitrogens with one attached hydrogen (secondary N) is 1. The Morgan fingerprint density at radius 2 is 2.35 bits per heavy atom. The fraction of sp³-hybridized carbons (Fsp3) is 0.769. The summed E-state index contributed by atoms with van der Waals surface area (Å²) in [6.07, 6.45) is 7.80. The average Bonchev–Trinajstić information content (AvgIpc) is 3.07. The van der Waals surface area contributed by atoms with Crippen molar-refractivity contribution in [1.82, 2.24) is 14.9 Å². The highest BCUT2D eigenvalue weighted by Crippen LogP contribution is 2.39. The topological polar surface area (TPSA) is 39.1 Å². The minimum Gasteiger partial charge on any atom is -0.379 e. The molecular weight excluding hydrogens is 214 g/mol. The standard InChI is InChI=1S/C13H23N3O/c1-4-7-14-11(12(17-3)10-5-6-10)13-15-8-9-16(13)2/h8-12,14H,4-7H2,1-3H3. The van der Waals surface area contributed by atoms with Gasteiger partial charge in [-0.3, -0.25) is 0 Å². The Balaban J connectivity index is 2.14. The molecule has 2 rings (SSSR count). The van der Waals surface area contributed by atoms with Gasteiger partial charge in [-0.05, 0) is 31.7 Å². The van der Waals surface area contributed by atoms with Gasteiger partial charge in [0.15, 0.2) is 0 Å². The Hall–Kier alpha value is -0.870. The van der Waals surface area contributed by atoms with E-state index in [4.69, 9.17) is 4.74 Å². The summed E-state index contributed by atoms with van der Waals surface area (Å²) in [6, 6.07) is 0.215. The molecule has 1 heterocycles. The lowest BCUT2D eigenvalue weighted by Crippen LogP contribution is -2.36. The number of rotatable bonds is 7. The molecule has 1 fully saturated rings. The number of aryl methyl sites for hydroxylation is 1. The molecule has 0 saturated heterocycles. The van der Waals surface area contributed by atoms with E-state index in [-0.39, 0.29) is 12.1 Å². The predicted molar refractivity (Wildman–Crippen MR) is 67.8 cm³/mol. The van der Waals surface area contributed by atoms with Crippen LogP contribution in [0.15, 0.2) is 12.4 Å². The molecule has 0 aromatic carbocycles. The molecule has 1 aromatic rings. The van der Waals surface area contributed by atoms with Crippen LogP contribution in [0, 0.1) is 5.92 Å². The van der Waals surface area contributed by atoms with Crippen LogP contribution in [-0.2, 0) is 11.8 Å². The monoisotopic (exact) mass is 237 g/mol. The fourth-order valence-corrected chi connectivity index (χ4v) is 2.36. The number of ether oxygens (including phenoxy) is 1. The van der Waals surface area contributed by atoms with Crippen LogP contribution >= 0.6 is 0 Å². The van der Waals surface area contributed by atoms with E-state index in [1.54, 1.807) is 0 Å². The third-order valence-corrected chi connectivity index (χ3v) is 3.44. The van der Waals surface area contributed by atoms with Crippen molar-refractivity contribution in [2.24, 2.45) is 13.0 Å². The highest BCUT2D eigenvalue weighted by atomic mass is 16.5. The molecule has 4 heteroatoms. The van der Waals surface area contributed by atoms with Gasteiger partial charge in [0, 0.05) is 26.6 Å². The summed E-state index contributed by atoms with van der Waals surface area (Å²) in [7, 11) is 3.86. The lowest BCUT2D eigenvalue weighted by atomic mass is 10.1. The van der Waals surface area contributed by atoms with Crippen LogP contribution in [0.25, 0.3) is 0 Å². The first-order valence-electron chi connectivity index (χ1n) is 6.51. The Morgan fingerprint density at radius 3 is 2.82 bits per heavy atom. The molecule has 1 saturated carbocycles. The van der Waals surface area contributed by atoms with Crippen LogP contribution in [0.3, 0.4) is 0 Å². The van der Waals surface area contributed by atoms with Gasteiger partial charge in [-0.2, -0.15) is 0 Å². The molecule has 96 valence electrons. The van der Waals surface area contributed by atoms with Crippen LogP contribution in [0.4, 0.5) is 0 Å². The van der Waals surface area contributed by atoms with E-state index in [2.05, 4.69) is 21.8 Å². The van der Waals surface area contributed by atoms with Crippen molar-refractivity contribution in [1.29, 1.82) is 0 Å². The van der Waals surface area contributed by atoms with Gasteiger partial charge in [0.05, 0.1) is 12.1 Å². The van der Waals surface area contributed by atoms with Gasteiger partial charge in [-0.1, -0.05) is 6.92 Å². The van der Waals surface area contributed by atoms with E-state index in [1.165, 1.54) is 12.8 Å². The second kappa shape index (κ2) is 5.65. The van der Waals surface area contributed by atoms with Crippen molar-refractivity contribution < 1.29 is 4.74 Å². The maximum Gasteiger partial charge on any atom is 0.128 e. The van der Waals surface area contributed by atoms with Gasteiger partial charge in [0.2, 0.25) is 0 Å². The van der Waals surface area contributed by atoms with Crippen LogP contribution in [0.2, 0.25) is 0 Å². The summed E-state index contributed by atoms with van der Waals surface area (Å²) < 4.78 is 7.78. The Labute approximate surface area is 103 Å². The van der Waals surface area contributed by atoms with Crippen LogP contribution in [0.5, 0.6) is 0 Å². The van der Waals surface area contributed by atoms with E-state index in [1.807, 2.05) is 26.6 Å². The third-order valence-electron chi connectivity index (χ3n) is 3.44. The zero-order chi connectivity index (χ0) is 12.3. The Kier molecular flexibility index (Phi) is 4.18. The molecule has 17 heavy (non-hydrogen) atoms. The molecule has 0 aliphatic heterocycles. The SMILES string of the molecule is CCCNC(c1nccn1C)C(OC)C1CC1. The Morgan fingerprint density at radius 1 is 1.59 bits per heavy atom. The smallest absolute Gasteiger partial charge is 0.128 e. The third kappa shape index (κ3) is 2.87. The maximum absolute atomic E-state index is 5.70. The van der Waals surface area contributed by atoms with Gasteiger partial charge >= 0.3 is 0 Å². The van der Waals surface area contributed by atoms with Gasteiger partial charge < -0.3 is 14.6 Å². The summed E-state index contributed by atoms with van der Waals surface area (Å²) >= 11 is 0. The predicted octanol–water partition coefficient (Wildman–Crippen LogP) is 1.89. The van der Waals surface area contributed by atoms with Crippen LogP contribution < -0.4 is 5.32 Å². The molecule has 0 radical (unpaired) electrons. The van der Waals surface area contributed by atoms with Crippen molar-refractivity contribution in [3.05, 3.63) is 18.2 Å². The number of hydrogen-bond acceptors (Lipinski definition) is 3. The Bertz CT molecular complexity index is 346. The molecule has 1 aliphatic rings. The first-order valence-corrected chi connectivity index (χ1v) is 6.51. The first kappa shape index (κ1) is 12.6. The van der Waals surface area contributed by atoms with E-state index >= 15 is 0 Å². The molecule has 1 aliphatic carbocycles. The van der Waals surface area contributed by atoms with Crippen LogP contribution in [0.1, 0.15) is 38.1 Å². The number of nitrogens with zero attached hydrogens (tertiary/aromatic N) is 2. The number of methoxy groups -OCH3 is 1. The molecule has 4 nitrogen and oxygen atoms in total. The normalized spacial score (nSPS) is 19.2. The van der Waals surface area contributed by atoms with Gasteiger partial charge in [0.25, 0.3) is 0 Å². The lowest BCUT2D eigenvalue weighted by molar-refractivity contribution is 0.0472. The summed E-state index contributed by atoms with van der Waals surface area (Å²) in [5, 5.41) is 3.58. The van der Waals surface area contributed by atoms with E-state index < -0.39 is 0 Å². The minimum atomic E-state index is 0.215. The summed E-state index contributed by atoms with van der Waals surface area (Å²) in [5.41, 5.74) is 0. The van der Waals surface area contributed by atoms with Crippen molar-refractivity contribution in [3.63, 3.8) is 0 Å². The summed E-state index contributed by atoms with van der Waals surface area (Å²) in [6.45, 7) is 3.19. The fourth-order valence-electron chi connectivity index (χ4n) is 2.36. The molecule has 0 amide bonds. The zero-order valence-electron chi connectivity index (χ0n) is 11.0. The summed E-state index contributed by atoms with van der Waals surface area (Å²) in [4.78, 5) is 4.47. The first-order chi connectivity index (χ1) is 8.27. The molecule has 2 unspecified atom stereocenters.